The number of Topliss-reactive ketones (excluding diaryl/α,β-unsaturated/α-hetero) is 1. The molecule has 2 saturated carbocycles. The average molecular weight is 591 g/mol. The summed E-state index contributed by atoms with van der Waals surface area (Å²) in [6.07, 6.45) is -1.90. The van der Waals surface area contributed by atoms with Crippen LogP contribution in [-0.4, -0.2) is 71.6 Å². The number of fused-ring (bicyclic) bond motifs is 1. The Kier molecular flexibility index (Phi) is 7.41. The third-order valence-corrected chi connectivity index (χ3v) is 10.3. The molecule has 0 amide bonds. The molecule has 2 saturated heterocycles. The lowest BCUT2D eigenvalue weighted by atomic mass is 9.81. The van der Waals surface area contributed by atoms with Crippen molar-refractivity contribution in [1.82, 2.24) is 0 Å². The van der Waals surface area contributed by atoms with Crippen LogP contribution in [-0.2, 0) is 52.4 Å². The molecular weight excluding hydrogens is 548 g/mol. The van der Waals surface area contributed by atoms with Gasteiger partial charge in [-0.3, -0.25) is 24.0 Å². The maximum atomic E-state index is 14.4. The minimum atomic E-state index is -1.29. The SMILES string of the molecule is CC[C@H](C)C(=O)O[C@@H]1/C(C)=C\[C@@]23O[C@@]2(C[C@H](C)[C@@H]3OC(C)=O)C(=O)[C@H](C)[C@@H]2O[C@@H](OC(C)=O)[C@]3(C)[C@H]2[C@@H]3[C@@H]1OC(C)=O. The molecule has 5 rings (SSSR count). The first kappa shape index (κ1) is 30.7. The number of ketones is 1. The molecule has 0 aromatic carbocycles. The molecule has 232 valence electrons. The van der Waals surface area contributed by atoms with Gasteiger partial charge in [-0.2, -0.15) is 0 Å². The van der Waals surface area contributed by atoms with Gasteiger partial charge in [0.15, 0.2) is 23.1 Å². The second-order valence-corrected chi connectivity index (χ2v) is 13.2. The van der Waals surface area contributed by atoms with Crippen LogP contribution in [0.3, 0.4) is 0 Å². The molecule has 11 nitrogen and oxygen atoms in total. The number of carbonyl (C=O) groups excluding carboxylic acids is 5. The normalized spacial score (nSPS) is 46.8. The standard InChI is InChI=1S/C31H42O11/c1-10-13(2)27(36)40-22-14(3)11-31-26(38-18(7)33)15(4)12-30(31,42-31)25(35)16(5)23-20-21(24(22)37-17(6)32)29(20,9)28(41-23)39-19(8)34/h11,13,15-16,20-24,26,28H,10,12H2,1-9H3/b14-11-/t13-,15-,16+,20-,21+,22+,23-,24-,26-,28+,29+,30-,31-/m0/s1. The molecule has 13 atom stereocenters. The Morgan fingerprint density at radius 1 is 1.00 bits per heavy atom. The van der Waals surface area contributed by atoms with Crippen molar-refractivity contribution in [2.24, 2.45) is 35.0 Å². The maximum Gasteiger partial charge on any atom is 0.309 e. The van der Waals surface area contributed by atoms with Crippen LogP contribution < -0.4 is 0 Å². The largest absolute Gasteiger partial charge is 0.459 e. The van der Waals surface area contributed by atoms with Gasteiger partial charge < -0.3 is 28.4 Å². The van der Waals surface area contributed by atoms with E-state index in [4.69, 9.17) is 28.4 Å². The van der Waals surface area contributed by atoms with E-state index in [9.17, 15) is 24.0 Å². The van der Waals surface area contributed by atoms with E-state index in [1.54, 1.807) is 26.8 Å². The maximum absolute atomic E-state index is 14.4. The molecule has 0 unspecified atom stereocenters. The molecule has 4 fully saturated rings. The molecule has 2 aliphatic heterocycles. The van der Waals surface area contributed by atoms with Gasteiger partial charge in [-0.1, -0.05) is 34.6 Å². The smallest absolute Gasteiger partial charge is 0.309 e. The first-order chi connectivity index (χ1) is 19.6. The fraction of sp³-hybridized carbons (Fsp3) is 0.774. The summed E-state index contributed by atoms with van der Waals surface area (Å²) >= 11 is 0. The second kappa shape index (κ2) is 10.1. The first-order valence-electron chi connectivity index (χ1n) is 14.9. The van der Waals surface area contributed by atoms with Crippen molar-refractivity contribution >= 4 is 29.7 Å². The summed E-state index contributed by atoms with van der Waals surface area (Å²) in [6.45, 7) is 14.8. The van der Waals surface area contributed by atoms with Crippen LogP contribution in [0.5, 0.6) is 0 Å². The number of epoxide rings is 1. The molecule has 11 heteroatoms. The summed E-state index contributed by atoms with van der Waals surface area (Å²) in [7, 11) is 0. The molecule has 0 radical (unpaired) electrons. The fourth-order valence-electron chi connectivity index (χ4n) is 8.11. The number of esters is 4. The van der Waals surface area contributed by atoms with Gasteiger partial charge in [-0.25, -0.2) is 0 Å². The van der Waals surface area contributed by atoms with Crippen molar-refractivity contribution < 1.29 is 52.4 Å². The van der Waals surface area contributed by atoms with Crippen LogP contribution in [0.15, 0.2) is 11.6 Å². The average Bonchev–Trinajstić information content (AvgIpc) is 3.67. The summed E-state index contributed by atoms with van der Waals surface area (Å²) in [5, 5.41) is 0. The minimum absolute atomic E-state index is 0.200. The van der Waals surface area contributed by atoms with E-state index in [1.165, 1.54) is 20.8 Å². The van der Waals surface area contributed by atoms with E-state index in [2.05, 4.69) is 0 Å². The quantitative estimate of drug-likeness (QED) is 0.195. The lowest BCUT2D eigenvalue weighted by Gasteiger charge is -2.34. The number of hydrogen-bond donors (Lipinski definition) is 0. The Labute approximate surface area is 245 Å². The van der Waals surface area contributed by atoms with Gasteiger partial charge >= 0.3 is 23.9 Å². The van der Waals surface area contributed by atoms with Crippen molar-refractivity contribution in [1.29, 1.82) is 0 Å². The molecule has 5 aliphatic rings. The second-order valence-electron chi connectivity index (χ2n) is 13.2. The van der Waals surface area contributed by atoms with Gasteiger partial charge in [0.2, 0.25) is 6.29 Å². The lowest BCUT2D eigenvalue weighted by molar-refractivity contribution is -0.203. The Morgan fingerprint density at radius 3 is 2.19 bits per heavy atom. The van der Waals surface area contributed by atoms with E-state index in [0.717, 1.165) is 0 Å². The molecule has 42 heavy (non-hydrogen) atoms. The van der Waals surface area contributed by atoms with Crippen LogP contribution in [0.2, 0.25) is 0 Å². The highest BCUT2D eigenvalue weighted by Gasteiger charge is 2.85. The Hall–Kier alpha value is -2.79. The minimum Gasteiger partial charge on any atom is -0.459 e. The summed E-state index contributed by atoms with van der Waals surface area (Å²) in [5.74, 6) is -4.45. The number of carbonyl (C=O) groups is 5. The van der Waals surface area contributed by atoms with Gasteiger partial charge in [0.1, 0.15) is 12.2 Å². The van der Waals surface area contributed by atoms with Crippen molar-refractivity contribution in [3.63, 3.8) is 0 Å². The fourth-order valence-corrected chi connectivity index (χ4v) is 8.11. The zero-order valence-corrected chi connectivity index (χ0v) is 25.8. The number of hydrogen-bond acceptors (Lipinski definition) is 11. The van der Waals surface area contributed by atoms with E-state index in [-0.39, 0.29) is 17.6 Å². The molecular formula is C31H42O11. The van der Waals surface area contributed by atoms with E-state index in [1.807, 2.05) is 20.8 Å². The van der Waals surface area contributed by atoms with E-state index < -0.39 is 89.0 Å². The third-order valence-electron chi connectivity index (χ3n) is 10.3. The van der Waals surface area contributed by atoms with Gasteiger partial charge in [0.05, 0.1) is 12.0 Å². The third kappa shape index (κ3) is 4.32. The highest BCUT2D eigenvalue weighted by molar-refractivity contribution is 5.96. The Morgan fingerprint density at radius 2 is 1.62 bits per heavy atom. The Bertz CT molecular complexity index is 1240. The van der Waals surface area contributed by atoms with Crippen molar-refractivity contribution in [3.8, 4) is 0 Å². The van der Waals surface area contributed by atoms with Crippen LogP contribution in [0.25, 0.3) is 0 Å². The van der Waals surface area contributed by atoms with Gasteiger partial charge in [-0.15, -0.1) is 0 Å². The zero-order valence-electron chi connectivity index (χ0n) is 25.8. The molecule has 0 aromatic heterocycles. The molecule has 3 aliphatic carbocycles. The molecule has 0 spiro atoms. The number of ether oxygens (including phenoxy) is 6. The topological polar surface area (TPSA) is 144 Å². The molecule has 0 bridgehead atoms. The monoisotopic (exact) mass is 590 g/mol. The summed E-state index contributed by atoms with van der Waals surface area (Å²) in [4.78, 5) is 64.4. The molecule has 0 N–H and O–H groups in total. The van der Waals surface area contributed by atoms with Crippen molar-refractivity contribution in [3.05, 3.63) is 11.6 Å². The summed E-state index contributed by atoms with van der Waals surface area (Å²) < 4.78 is 36.1. The summed E-state index contributed by atoms with van der Waals surface area (Å²) in [6, 6.07) is 0. The zero-order chi connectivity index (χ0) is 31.1. The van der Waals surface area contributed by atoms with E-state index >= 15 is 0 Å². The first-order valence-corrected chi connectivity index (χ1v) is 14.9. The van der Waals surface area contributed by atoms with Gasteiger partial charge in [0.25, 0.3) is 0 Å². The summed E-state index contributed by atoms with van der Waals surface area (Å²) in [5.41, 5.74) is -2.89. The number of rotatable bonds is 6. The highest BCUT2D eigenvalue weighted by atomic mass is 16.7. The van der Waals surface area contributed by atoms with Gasteiger partial charge in [0, 0.05) is 43.9 Å². The van der Waals surface area contributed by atoms with Crippen molar-refractivity contribution in [2.75, 3.05) is 0 Å². The molecule has 0 aromatic rings. The predicted molar refractivity (Wildman–Crippen MR) is 144 cm³/mol. The Balaban J connectivity index is 1.69. The predicted octanol–water partition coefficient (Wildman–Crippen LogP) is 3.06. The molecule has 2 heterocycles. The highest BCUT2D eigenvalue weighted by Crippen LogP contribution is 2.73. The van der Waals surface area contributed by atoms with Crippen molar-refractivity contribution in [2.45, 2.75) is 117 Å². The van der Waals surface area contributed by atoms with Crippen LogP contribution in [0.1, 0.15) is 75.2 Å². The van der Waals surface area contributed by atoms with Gasteiger partial charge in [-0.05, 0) is 37.3 Å². The van der Waals surface area contributed by atoms with Crippen LogP contribution in [0.4, 0.5) is 0 Å². The lowest BCUT2D eigenvalue weighted by Crippen LogP contribution is -2.44. The van der Waals surface area contributed by atoms with Crippen LogP contribution >= 0.6 is 0 Å². The van der Waals surface area contributed by atoms with E-state index in [0.29, 0.717) is 18.4 Å². The van der Waals surface area contributed by atoms with Crippen LogP contribution in [0, 0.1) is 35.0 Å².